The normalized spacial score (nSPS) is 14.9. The number of hydrogen-bond donors (Lipinski definition) is 2. The van der Waals surface area contributed by atoms with Crippen LogP contribution in [-0.4, -0.2) is 56.6 Å². The van der Waals surface area contributed by atoms with Crippen molar-refractivity contribution in [2.45, 2.75) is 25.9 Å². The molecule has 0 atom stereocenters. The van der Waals surface area contributed by atoms with E-state index < -0.39 is 11.7 Å². The van der Waals surface area contributed by atoms with Crippen LogP contribution >= 0.6 is 0 Å². The molecular formula is C24H31F3N4O. The number of carbonyl (C=O) groups is 1. The maximum atomic E-state index is 12.7. The number of piperazine rings is 1. The minimum absolute atomic E-state index is 0.0533. The molecule has 2 aromatic rings. The van der Waals surface area contributed by atoms with E-state index in [0.29, 0.717) is 6.54 Å². The highest BCUT2D eigenvalue weighted by Crippen LogP contribution is 2.30. The maximum absolute atomic E-state index is 12.7. The van der Waals surface area contributed by atoms with Crippen LogP contribution in [0.1, 0.15) is 24.0 Å². The molecule has 2 N–H and O–H groups in total. The molecule has 1 aliphatic heterocycles. The molecule has 1 fully saturated rings. The Hall–Kier alpha value is -2.74. The number of unbranched alkanes of at least 4 members (excludes halogenated alkanes) is 1. The number of halogens is 3. The molecule has 0 spiro atoms. The molecule has 174 valence electrons. The standard InChI is InChI=1S/C24H31F3N4O/c1-19-6-4-9-22(16-19)31-14-12-30(13-15-31)11-3-2-10-28-23(32)18-29-21-8-5-7-20(17-21)24(25,26)27/h4-9,16-17,29H,2-3,10-15,18H2,1H3,(H,28,32). The van der Waals surface area contributed by atoms with Crippen LogP contribution in [0.5, 0.6) is 0 Å². The number of rotatable bonds is 9. The van der Waals surface area contributed by atoms with Crippen LogP contribution in [0, 0.1) is 6.92 Å². The quantitative estimate of drug-likeness (QED) is 0.566. The highest BCUT2D eigenvalue weighted by molar-refractivity contribution is 5.80. The summed E-state index contributed by atoms with van der Waals surface area (Å²) >= 11 is 0. The first-order valence-corrected chi connectivity index (χ1v) is 11.0. The highest BCUT2D eigenvalue weighted by Gasteiger charge is 2.30. The number of anilines is 2. The van der Waals surface area contributed by atoms with E-state index in [2.05, 4.69) is 51.6 Å². The first kappa shape index (κ1) is 23.9. The van der Waals surface area contributed by atoms with Gasteiger partial charge in [0.25, 0.3) is 0 Å². The van der Waals surface area contributed by atoms with Gasteiger partial charge in [-0.25, -0.2) is 0 Å². The number of alkyl halides is 3. The van der Waals surface area contributed by atoms with Crippen molar-refractivity contribution in [3.63, 3.8) is 0 Å². The fraction of sp³-hybridized carbons (Fsp3) is 0.458. The Morgan fingerprint density at radius 2 is 1.75 bits per heavy atom. The van der Waals surface area contributed by atoms with E-state index in [1.54, 1.807) is 0 Å². The zero-order valence-electron chi connectivity index (χ0n) is 18.4. The van der Waals surface area contributed by atoms with Crippen LogP contribution in [0.4, 0.5) is 24.5 Å². The maximum Gasteiger partial charge on any atom is 0.416 e. The van der Waals surface area contributed by atoms with Gasteiger partial charge in [-0.15, -0.1) is 0 Å². The Balaban J connectivity index is 1.27. The lowest BCUT2D eigenvalue weighted by Gasteiger charge is -2.36. The number of nitrogens with one attached hydrogen (secondary N) is 2. The van der Waals surface area contributed by atoms with E-state index in [-0.39, 0.29) is 18.1 Å². The molecule has 5 nitrogen and oxygen atoms in total. The molecule has 1 heterocycles. The van der Waals surface area contributed by atoms with E-state index in [9.17, 15) is 18.0 Å². The summed E-state index contributed by atoms with van der Waals surface area (Å²) in [5, 5.41) is 5.56. The second-order valence-electron chi connectivity index (χ2n) is 8.16. The van der Waals surface area contributed by atoms with Gasteiger partial charge in [-0.2, -0.15) is 13.2 Å². The molecule has 3 rings (SSSR count). The predicted octanol–water partition coefficient (Wildman–Crippen LogP) is 4.14. The van der Waals surface area contributed by atoms with E-state index in [1.165, 1.54) is 23.4 Å². The molecule has 0 radical (unpaired) electrons. The van der Waals surface area contributed by atoms with Crippen molar-refractivity contribution in [2.75, 3.05) is 56.0 Å². The van der Waals surface area contributed by atoms with Gasteiger partial charge in [-0.1, -0.05) is 18.2 Å². The molecule has 1 amide bonds. The summed E-state index contributed by atoms with van der Waals surface area (Å²) in [4.78, 5) is 16.8. The molecular weight excluding hydrogens is 417 g/mol. The summed E-state index contributed by atoms with van der Waals surface area (Å²) in [6.45, 7) is 7.71. The summed E-state index contributed by atoms with van der Waals surface area (Å²) in [5.74, 6) is -0.228. The molecule has 0 aliphatic carbocycles. The van der Waals surface area contributed by atoms with E-state index >= 15 is 0 Å². The van der Waals surface area contributed by atoms with Crippen molar-refractivity contribution >= 4 is 17.3 Å². The molecule has 2 aromatic carbocycles. The van der Waals surface area contributed by atoms with E-state index in [4.69, 9.17) is 0 Å². The molecule has 0 bridgehead atoms. The smallest absolute Gasteiger partial charge is 0.376 e. The van der Waals surface area contributed by atoms with Gasteiger partial charge in [0, 0.05) is 44.1 Å². The van der Waals surface area contributed by atoms with Crippen molar-refractivity contribution in [1.29, 1.82) is 0 Å². The average Bonchev–Trinajstić information content (AvgIpc) is 2.77. The largest absolute Gasteiger partial charge is 0.416 e. The van der Waals surface area contributed by atoms with Crippen LogP contribution in [0.3, 0.4) is 0 Å². The third-order valence-corrected chi connectivity index (χ3v) is 5.61. The minimum atomic E-state index is -4.40. The lowest BCUT2D eigenvalue weighted by molar-refractivity contribution is -0.137. The monoisotopic (exact) mass is 448 g/mol. The molecule has 1 saturated heterocycles. The molecule has 1 aliphatic rings. The third-order valence-electron chi connectivity index (χ3n) is 5.61. The number of carbonyl (C=O) groups excluding carboxylic acids is 1. The predicted molar refractivity (Wildman–Crippen MR) is 122 cm³/mol. The van der Waals surface area contributed by atoms with Gasteiger partial charge < -0.3 is 15.5 Å². The van der Waals surface area contributed by atoms with Crippen molar-refractivity contribution < 1.29 is 18.0 Å². The number of hydrogen-bond acceptors (Lipinski definition) is 4. The first-order valence-electron chi connectivity index (χ1n) is 11.0. The Kier molecular flexibility index (Phi) is 8.39. The molecule has 8 heteroatoms. The van der Waals surface area contributed by atoms with E-state index in [1.807, 2.05) is 0 Å². The SMILES string of the molecule is Cc1cccc(N2CCN(CCCCNC(=O)CNc3cccc(C(F)(F)F)c3)CC2)c1. The Morgan fingerprint density at radius 3 is 2.47 bits per heavy atom. The van der Waals surface area contributed by atoms with Crippen molar-refractivity contribution in [2.24, 2.45) is 0 Å². The van der Waals surface area contributed by atoms with Gasteiger partial charge in [-0.3, -0.25) is 9.69 Å². The number of nitrogens with zero attached hydrogens (tertiary/aromatic N) is 2. The molecule has 32 heavy (non-hydrogen) atoms. The Labute approximate surface area is 187 Å². The third kappa shape index (κ3) is 7.44. The molecule has 0 saturated carbocycles. The number of amides is 1. The topological polar surface area (TPSA) is 47.6 Å². The van der Waals surface area contributed by atoms with Crippen LogP contribution in [0.2, 0.25) is 0 Å². The number of benzene rings is 2. The summed E-state index contributed by atoms with van der Waals surface area (Å²) in [6, 6.07) is 13.4. The fourth-order valence-electron chi connectivity index (χ4n) is 3.79. The van der Waals surface area contributed by atoms with Gasteiger partial charge in [0.2, 0.25) is 5.91 Å². The summed E-state index contributed by atoms with van der Waals surface area (Å²) in [7, 11) is 0. The fourth-order valence-corrected chi connectivity index (χ4v) is 3.79. The Bertz CT molecular complexity index is 880. The van der Waals surface area contributed by atoms with Gasteiger partial charge in [0.1, 0.15) is 0 Å². The first-order chi connectivity index (χ1) is 15.3. The van der Waals surface area contributed by atoms with Gasteiger partial charge in [0.05, 0.1) is 12.1 Å². The lowest BCUT2D eigenvalue weighted by Crippen LogP contribution is -2.46. The second-order valence-corrected chi connectivity index (χ2v) is 8.16. The van der Waals surface area contributed by atoms with Crippen molar-refractivity contribution in [3.8, 4) is 0 Å². The molecule has 0 aromatic heterocycles. The Morgan fingerprint density at radius 1 is 1.00 bits per heavy atom. The van der Waals surface area contributed by atoms with Crippen LogP contribution in [0.15, 0.2) is 48.5 Å². The van der Waals surface area contributed by atoms with Gasteiger partial charge in [-0.05, 0) is 62.2 Å². The van der Waals surface area contributed by atoms with Crippen LogP contribution in [-0.2, 0) is 11.0 Å². The van der Waals surface area contributed by atoms with Gasteiger partial charge >= 0.3 is 6.18 Å². The van der Waals surface area contributed by atoms with Crippen molar-refractivity contribution in [1.82, 2.24) is 10.2 Å². The van der Waals surface area contributed by atoms with Crippen LogP contribution < -0.4 is 15.5 Å². The van der Waals surface area contributed by atoms with Crippen LogP contribution in [0.25, 0.3) is 0 Å². The number of aryl methyl sites for hydroxylation is 1. The summed E-state index contributed by atoms with van der Waals surface area (Å²) < 4.78 is 38.2. The van der Waals surface area contributed by atoms with Crippen molar-refractivity contribution in [3.05, 3.63) is 59.7 Å². The lowest BCUT2D eigenvalue weighted by atomic mass is 10.2. The van der Waals surface area contributed by atoms with E-state index in [0.717, 1.165) is 57.7 Å². The summed E-state index contributed by atoms with van der Waals surface area (Å²) in [6.07, 6.45) is -2.54. The minimum Gasteiger partial charge on any atom is -0.376 e. The summed E-state index contributed by atoms with van der Waals surface area (Å²) in [5.41, 5.74) is 2.10. The molecule has 0 unspecified atom stereocenters. The second kappa shape index (κ2) is 11.2. The zero-order valence-corrected chi connectivity index (χ0v) is 18.4. The van der Waals surface area contributed by atoms with Gasteiger partial charge in [0.15, 0.2) is 0 Å². The zero-order chi connectivity index (χ0) is 23.0. The average molecular weight is 449 g/mol. The highest BCUT2D eigenvalue weighted by atomic mass is 19.4.